The molecule has 0 amide bonds. The molecule has 0 aliphatic heterocycles. The fraction of sp³-hybridized carbons (Fsp3) is 0.0400. The lowest BCUT2D eigenvalue weighted by Crippen LogP contribution is -1.93. The number of para-hydroxylation sites is 1. The second-order valence-electron chi connectivity index (χ2n) is 6.93. The molecule has 0 N–H and O–H groups in total. The van der Waals surface area contributed by atoms with Gasteiger partial charge in [0.25, 0.3) is 0 Å². The number of hydrogen-bond donors (Lipinski definition) is 0. The van der Waals surface area contributed by atoms with Crippen molar-refractivity contribution in [2.45, 2.75) is 6.92 Å². The molecule has 1 heterocycles. The van der Waals surface area contributed by atoms with Gasteiger partial charge in [-0.25, -0.2) is 0 Å². The summed E-state index contributed by atoms with van der Waals surface area (Å²) in [6.07, 6.45) is 0. The van der Waals surface area contributed by atoms with Crippen LogP contribution < -0.4 is 0 Å². The van der Waals surface area contributed by atoms with E-state index in [2.05, 4.69) is 118 Å². The van der Waals surface area contributed by atoms with Crippen LogP contribution in [-0.2, 0) is 0 Å². The quantitative estimate of drug-likeness (QED) is 0.283. The Hall–Kier alpha value is -2.84. The highest BCUT2D eigenvalue weighted by Gasteiger charge is 2.12. The van der Waals surface area contributed by atoms with E-state index in [1.807, 2.05) is 0 Å². The zero-order valence-corrected chi connectivity index (χ0v) is 16.6. The third kappa shape index (κ3) is 2.77. The Bertz CT molecular complexity index is 1260. The summed E-state index contributed by atoms with van der Waals surface area (Å²) in [6.45, 7) is 2.13. The molecular formula is C25H18BrN. The molecule has 27 heavy (non-hydrogen) atoms. The van der Waals surface area contributed by atoms with Crippen molar-refractivity contribution in [1.29, 1.82) is 0 Å². The molecule has 0 saturated carbocycles. The predicted molar refractivity (Wildman–Crippen MR) is 119 cm³/mol. The van der Waals surface area contributed by atoms with E-state index in [0.717, 1.165) is 4.47 Å². The standard InChI is InChI=1S/C25H18BrN/c1-17-6-13-21(14-7-17)27-24-5-3-2-4-22(24)23-16-19(10-15-25(23)27)18-8-11-20(26)12-9-18/h2-16H,1H3. The van der Waals surface area contributed by atoms with Crippen LogP contribution in [0.5, 0.6) is 0 Å². The summed E-state index contributed by atoms with van der Waals surface area (Å²) < 4.78 is 3.46. The third-order valence-corrected chi connectivity index (χ3v) is 5.67. The average Bonchev–Trinajstić information content (AvgIpc) is 3.03. The Morgan fingerprint density at radius 3 is 2.07 bits per heavy atom. The van der Waals surface area contributed by atoms with Gasteiger partial charge in [0, 0.05) is 20.9 Å². The maximum absolute atomic E-state index is 3.52. The highest BCUT2D eigenvalue weighted by atomic mass is 79.9. The summed E-state index contributed by atoms with van der Waals surface area (Å²) in [5.74, 6) is 0. The summed E-state index contributed by atoms with van der Waals surface area (Å²) in [7, 11) is 0. The number of rotatable bonds is 2. The largest absolute Gasteiger partial charge is 0.309 e. The number of aromatic nitrogens is 1. The van der Waals surface area contributed by atoms with Gasteiger partial charge in [-0.1, -0.05) is 70.0 Å². The summed E-state index contributed by atoms with van der Waals surface area (Å²) >= 11 is 3.52. The second kappa shape index (κ2) is 6.40. The lowest BCUT2D eigenvalue weighted by atomic mass is 10.0. The van der Waals surface area contributed by atoms with Crippen LogP contribution in [0.25, 0.3) is 38.6 Å². The van der Waals surface area contributed by atoms with E-state index in [1.165, 1.54) is 44.2 Å². The summed E-state index contributed by atoms with van der Waals surface area (Å²) in [5.41, 5.74) is 7.42. The summed E-state index contributed by atoms with van der Waals surface area (Å²) in [6, 6.07) is 32.7. The van der Waals surface area contributed by atoms with Gasteiger partial charge in [0.05, 0.1) is 11.0 Å². The molecule has 0 fully saturated rings. The molecule has 1 nitrogen and oxygen atoms in total. The van der Waals surface area contributed by atoms with E-state index >= 15 is 0 Å². The molecule has 0 aliphatic rings. The molecule has 0 radical (unpaired) electrons. The molecule has 0 unspecified atom stereocenters. The van der Waals surface area contributed by atoms with Gasteiger partial charge in [-0.15, -0.1) is 0 Å². The number of fused-ring (bicyclic) bond motifs is 3. The normalized spacial score (nSPS) is 11.3. The zero-order chi connectivity index (χ0) is 18.4. The molecule has 4 aromatic carbocycles. The van der Waals surface area contributed by atoms with E-state index < -0.39 is 0 Å². The SMILES string of the molecule is Cc1ccc(-n2c3ccccc3c3cc(-c4ccc(Br)cc4)ccc32)cc1. The van der Waals surface area contributed by atoms with E-state index in [4.69, 9.17) is 0 Å². The van der Waals surface area contributed by atoms with Crippen LogP contribution in [0.1, 0.15) is 5.56 Å². The van der Waals surface area contributed by atoms with Gasteiger partial charge in [0.15, 0.2) is 0 Å². The molecule has 0 atom stereocenters. The molecule has 130 valence electrons. The smallest absolute Gasteiger partial charge is 0.0541 e. The first-order valence-corrected chi connectivity index (χ1v) is 9.86. The lowest BCUT2D eigenvalue weighted by molar-refractivity contribution is 1.17. The Labute approximate surface area is 167 Å². The van der Waals surface area contributed by atoms with Crippen LogP contribution >= 0.6 is 15.9 Å². The molecule has 0 aliphatic carbocycles. The van der Waals surface area contributed by atoms with Crippen molar-refractivity contribution in [3.63, 3.8) is 0 Å². The van der Waals surface area contributed by atoms with Gasteiger partial charge in [0.1, 0.15) is 0 Å². The molecular weight excluding hydrogens is 394 g/mol. The third-order valence-electron chi connectivity index (χ3n) is 5.14. The number of aryl methyl sites for hydroxylation is 1. The fourth-order valence-corrected chi connectivity index (χ4v) is 4.03. The Morgan fingerprint density at radius 2 is 1.30 bits per heavy atom. The predicted octanol–water partition coefficient (Wildman–Crippen LogP) is 7.52. The number of benzene rings is 4. The molecule has 2 heteroatoms. The Balaban J connectivity index is 1.80. The first kappa shape index (κ1) is 16.3. The molecule has 5 aromatic rings. The highest BCUT2D eigenvalue weighted by molar-refractivity contribution is 9.10. The molecule has 0 spiro atoms. The molecule has 1 aromatic heterocycles. The minimum absolute atomic E-state index is 1.10. The zero-order valence-electron chi connectivity index (χ0n) is 15.0. The number of nitrogens with zero attached hydrogens (tertiary/aromatic N) is 1. The molecule has 0 saturated heterocycles. The van der Waals surface area contributed by atoms with E-state index in [0.29, 0.717) is 0 Å². The maximum Gasteiger partial charge on any atom is 0.0541 e. The average molecular weight is 412 g/mol. The topological polar surface area (TPSA) is 4.93 Å². The minimum Gasteiger partial charge on any atom is -0.309 e. The van der Waals surface area contributed by atoms with Crippen molar-refractivity contribution >= 4 is 37.7 Å². The van der Waals surface area contributed by atoms with E-state index in [-0.39, 0.29) is 0 Å². The maximum atomic E-state index is 3.52. The Kier molecular flexibility index (Phi) is 3.87. The Morgan fingerprint density at radius 1 is 0.630 bits per heavy atom. The van der Waals surface area contributed by atoms with Crippen LogP contribution in [0, 0.1) is 6.92 Å². The van der Waals surface area contributed by atoms with Crippen LogP contribution in [0.2, 0.25) is 0 Å². The van der Waals surface area contributed by atoms with Crippen molar-refractivity contribution in [3.8, 4) is 16.8 Å². The van der Waals surface area contributed by atoms with Crippen LogP contribution in [0.15, 0.2) is 95.5 Å². The van der Waals surface area contributed by atoms with Crippen molar-refractivity contribution in [2.75, 3.05) is 0 Å². The van der Waals surface area contributed by atoms with E-state index in [9.17, 15) is 0 Å². The van der Waals surface area contributed by atoms with Crippen LogP contribution in [-0.4, -0.2) is 4.57 Å². The van der Waals surface area contributed by atoms with Crippen LogP contribution in [0.4, 0.5) is 0 Å². The molecule has 0 bridgehead atoms. The van der Waals surface area contributed by atoms with Gasteiger partial charge in [0.2, 0.25) is 0 Å². The molecule has 5 rings (SSSR count). The first-order valence-electron chi connectivity index (χ1n) is 9.07. The van der Waals surface area contributed by atoms with Gasteiger partial charge >= 0.3 is 0 Å². The van der Waals surface area contributed by atoms with Crippen molar-refractivity contribution in [3.05, 3.63) is 101 Å². The summed E-state index contributed by atoms with van der Waals surface area (Å²) in [4.78, 5) is 0. The van der Waals surface area contributed by atoms with Crippen LogP contribution in [0.3, 0.4) is 0 Å². The van der Waals surface area contributed by atoms with Gasteiger partial charge in [-0.2, -0.15) is 0 Å². The van der Waals surface area contributed by atoms with Crippen molar-refractivity contribution in [1.82, 2.24) is 4.57 Å². The fourth-order valence-electron chi connectivity index (χ4n) is 3.77. The number of halogens is 1. The minimum atomic E-state index is 1.10. The van der Waals surface area contributed by atoms with Gasteiger partial charge in [-0.05, 0) is 60.5 Å². The van der Waals surface area contributed by atoms with Gasteiger partial charge in [-0.3, -0.25) is 0 Å². The van der Waals surface area contributed by atoms with E-state index in [1.54, 1.807) is 0 Å². The number of hydrogen-bond acceptors (Lipinski definition) is 0. The second-order valence-corrected chi connectivity index (χ2v) is 7.84. The van der Waals surface area contributed by atoms with Crippen molar-refractivity contribution < 1.29 is 0 Å². The highest BCUT2D eigenvalue weighted by Crippen LogP contribution is 2.35. The van der Waals surface area contributed by atoms with Crippen molar-refractivity contribution in [2.24, 2.45) is 0 Å². The monoisotopic (exact) mass is 411 g/mol. The lowest BCUT2D eigenvalue weighted by Gasteiger charge is -2.09. The van der Waals surface area contributed by atoms with Gasteiger partial charge < -0.3 is 4.57 Å². The summed E-state index contributed by atoms with van der Waals surface area (Å²) in [5, 5.41) is 2.57. The first-order chi connectivity index (χ1) is 13.2.